The second-order valence-corrected chi connectivity index (χ2v) is 2.53. The molecule has 0 bridgehead atoms. The molecule has 0 unspecified atom stereocenters. The van der Waals surface area contributed by atoms with Gasteiger partial charge in [-0.2, -0.15) is 0 Å². The maximum absolute atomic E-state index is 10.0. The summed E-state index contributed by atoms with van der Waals surface area (Å²) >= 11 is 0. The van der Waals surface area contributed by atoms with E-state index < -0.39 is 4.92 Å². The minimum absolute atomic E-state index is 0.0242. The lowest BCUT2D eigenvalue weighted by Crippen LogP contribution is -1.85. The molecule has 0 aliphatic rings. The first-order chi connectivity index (χ1) is 6.63. The van der Waals surface area contributed by atoms with Crippen LogP contribution in [-0.2, 0) is 0 Å². The van der Waals surface area contributed by atoms with Crippen molar-refractivity contribution in [3.8, 4) is 11.5 Å². The first-order valence-corrected chi connectivity index (χ1v) is 3.82. The standard InChI is InChI=1S/C9H9NO4/c1-14-8-2-3-9(11)7(6-8)4-5-10(12)13/h2-6,11H,1H3/b5-4-. The minimum atomic E-state index is -0.598. The lowest BCUT2D eigenvalue weighted by molar-refractivity contribution is -0.400. The predicted octanol–water partition coefficient (Wildman–Crippen LogP) is 1.65. The molecule has 0 saturated heterocycles. The van der Waals surface area contributed by atoms with Crippen LogP contribution in [0.2, 0.25) is 0 Å². The first-order valence-electron chi connectivity index (χ1n) is 3.82. The van der Waals surface area contributed by atoms with Gasteiger partial charge in [0.1, 0.15) is 11.5 Å². The topological polar surface area (TPSA) is 72.6 Å². The van der Waals surface area contributed by atoms with E-state index in [1.807, 2.05) is 0 Å². The van der Waals surface area contributed by atoms with Gasteiger partial charge in [0.05, 0.1) is 12.0 Å². The molecule has 5 heteroatoms. The molecule has 0 heterocycles. The van der Waals surface area contributed by atoms with E-state index in [1.54, 1.807) is 6.07 Å². The van der Waals surface area contributed by atoms with Gasteiger partial charge in [0.2, 0.25) is 6.20 Å². The molecule has 0 aliphatic heterocycles. The van der Waals surface area contributed by atoms with Gasteiger partial charge in [-0.25, -0.2) is 0 Å². The monoisotopic (exact) mass is 195 g/mol. The van der Waals surface area contributed by atoms with Gasteiger partial charge >= 0.3 is 0 Å². The molecule has 74 valence electrons. The van der Waals surface area contributed by atoms with Gasteiger partial charge in [-0.05, 0) is 18.2 Å². The highest BCUT2D eigenvalue weighted by atomic mass is 16.6. The molecular weight excluding hydrogens is 186 g/mol. The molecule has 1 aromatic carbocycles. The van der Waals surface area contributed by atoms with Crippen molar-refractivity contribution in [3.63, 3.8) is 0 Å². The van der Waals surface area contributed by atoms with E-state index in [1.165, 1.54) is 25.3 Å². The molecular formula is C9H9NO4. The van der Waals surface area contributed by atoms with E-state index in [2.05, 4.69) is 0 Å². The average Bonchev–Trinajstić information content (AvgIpc) is 2.16. The van der Waals surface area contributed by atoms with E-state index in [0.29, 0.717) is 11.3 Å². The predicted molar refractivity (Wildman–Crippen MR) is 50.7 cm³/mol. The third-order valence-corrected chi connectivity index (χ3v) is 1.61. The third-order valence-electron chi connectivity index (χ3n) is 1.61. The molecule has 1 N–H and O–H groups in total. The van der Waals surface area contributed by atoms with Crippen LogP contribution in [0, 0.1) is 10.1 Å². The first kappa shape index (κ1) is 10.0. The van der Waals surface area contributed by atoms with Crippen molar-refractivity contribution in [2.45, 2.75) is 0 Å². The zero-order chi connectivity index (χ0) is 10.6. The summed E-state index contributed by atoms with van der Waals surface area (Å²) in [5, 5.41) is 19.4. The van der Waals surface area contributed by atoms with Crippen molar-refractivity contribution in [3.05, 3.63) is 40.1 Å². The lowest BCUT2D eigenvalue weighted by atomic mass is 10.2. The van der Waals surface area contributed by atoms with E-state index in [-0.39, 0.29) is 5.75 Å². The summed E-state index contributed by atoms with van der Waals surface area (Å²) in [6.45, 7) is 0. The Morgan fingerprint density at radius 3 is 2.86 bits per heavy atom. The van der Waals surface area contributed by atoms with Gasteiger partial charge in [0.25, 0.3) is 0 Å². The number of aromatic hydroxyl groups is 1. The van der Waals surface area contributed by atoms with Gasteiger partial charge in [0.15, 0.2) is 0 Å². The summed E-state index contributed by atoms with van der Waals surface area (Å²) in [7, 11) is 1.48. The smallest absolute Gasteiger partial charge is 0.235 e. The highest BCUT2D eigenvalue weighted by Gasteiger charge is 2.00. The molecule has 0 amide bonds. The molecule has 1 rings (SSSR count). The number of ether oxygens (including phenoxy) is 1. The second kappa shape index (κ2) is 4.27. The maximum atomic E-state index is 10.0. The quantitative estimate of drug-likeness (QED) is 0.587. The van der Waals surface area contributed by atoms with Gasteiger partial charge < -0.3 is 9.84 Å². The number of methoxy groups -OCH3 is 1. The molecule has 0 atom stereocenters. The van der Waals surface area contributed by atoms with E-state index in [9.17, 15) is 15.2 Å². The summed E-state index contributed by atoms with van der Waals surface area (Å²) < 4.78 is 4.90. The minimum Gasteiger partial charge on any atom is -0.507 e. The summed E-state index contributed by atoms with van der Waals surface area (Å²) in [6.07, 6.45) is 1.96. The van der Waals surface area contributed by atoms with Crippen LogP contribution in [0.5, 0.6) is 11.5 Å². The van der Waals surface area contributed by atoms with Crippen molar-refractivity contribution >= 4 is 6.08 Å². The Bertz CT molecular complexity index is 373. The van der Waals surface area contributed by atoms with Crippen LogP contribution in [0.4, 0.5) is 0 Å². The Labute approximate surface area is 80.4 Å². The Hall–Kier alpha value is -2.04. The van der Waals surface area contributed by atoms with E-state index in [0.717, 1.165) is 6.20 Å². The second-order valence-electron chi connectivity index (χ2n) is 2.53. The Kier molecular flexibility index (Phi) is 3.06. The van der Waals surface area contributed by atoms with Crippen LogP contribution in [0.25, 0.3) is 6.08 Å². The van der Waals surface area contributed by atoms with Crippen LogP contribution in [0.15, 0.2) is 24.4 Å². The SMILES string of the molecule is COc1ccc(O)c(/C=C\[N+](=O)[O-])c1. The normalized spacial score (nSPS) is 10.4. The summed E-state index contributed by atoms with van der Waals surface area (Å²) in [5.74, 6) is 0.509. The molecule has 1 aromatic rings. The molecule has 0 spiro atoms. The number of rotatable bonds is 3. The van der Waals surface area contributed by atoms with Crippen LogP contribution in [0.3, 0.4) is 0 Å². The van der Waals surface area contributed by atoms with Crippen molar-refractivity contribution in [1.82, 2.24) is 0 Å². The van der Waals surface area contributed by atoms with E-state index >= 15 is 0 Å². The molecule has 0 radical (unpaired) electrons. The molecule has 0 aliphatic carbocycles. The maximum Gasteiger partial charge on any atom is 0.235 e. The molecule has 14 heavy (non-hydrogen) atoms. The number of hydrogen-bond donors (Lipinski definition) is 1. The highest BCUT2D eigenvalue weighted by molar-refractivity contribution is 5.58. The Morgan fingerprint density at radius 2 is 2.29 bits per heavy atom. The van der Waals surface area contributed by atoms with Gasteiger partial charge in [-0.15, -0.1) is 0 Å². The summed E-state index contributed by atoms with van der Waals surface area (Å²) in [4.78, 5) is 9.45. The van der Waals surface area contributed by atoms with Crippen LogP contribution < -0.4 is 4.74 Å². The van der Waals surface area contributed by atoms with Crippen LogP contribution in [-0.4, -0.2) is 17.1 Å². The number of nitro groups is 1. The summed E-state index contributed by atoms with van der Waals surface area (Å²) in [5.41, 5.74) is 0.348. The van der Waals surface area contributed by atoms with Gasteiger partial charge in [-0.1, -0.05) is 0 Å². The molecule has 0 aromatic heterocycles. The van der Waals surface area contributed by atoms with Gasteiger partial charge in [-0.3, -0.25) is 10.1 Å². The number of phenols is 1. The van der Waals surface area contributed by atoms with Crippen molar-refractivity contribution < 1.29 is 14.8 Å². The zero-order valence-corrected chi connectivity index (χ0v) is 7.51. The number of nitrogens with zero attached hydrogens (tertiary/aromatic N) is 1. The van der Waals surface area contributed by atoms with Crippen molar-refractivity contribution in [2.24, 2.45) is 0 Å². The zero-order valence-electron chi connectivity index (χ0n) is 7.51. The fourth-order valence-electron chi connectivity index (χ4n) is 0.934. The highest BCUT2D eigenvalue weighted by Crippen LogP contribution is 2.23. The fraction of sp³-hybridized carbons (Fsp3) is 0.111. The molecule has 0 saturated carbocycles. The third kappa shape index (κ3) is 2.48. The summed E-state index contributed by atoms with van der Waals surface area (Å²) in [6, 6.07) is 4.49. The van der Waals surface area contributed by atoms with Crippen LogP contribution >= 0.6 is 0 Å². The van der Waals surface area contributed by atoms with Crippen LogP contribution in [0.1, 0.15) is 5.56 Å². The lowest BCUT2D eigenvalue weighted by Gasteiger charge is -2.01. The number of hydrogen-bond acceptors (Lipinski definition) is 4. The average molecular weight is 195 g/mol. The largest absolute Gasteiger partial charge is 0.507 e. The van der Waals surface area contributed by atoms with Crippen molar-refractivity contribution in [2.75, 3.05) is 7.11 Å². The van der Waals surface area contributed by atoms with E-state index in [4.69, 9.17) is 4.74 Å². The Morgan fingerprint density at radius 1 is 1.57 bits per heavy atom. The number of phenolic OH excluding ortho intramolecular Hbond substituents is 1. The number of benzene rings is 1. The Balaban J connectivity index is 3.00. The molecule has 0 fully saturated rings. The van der Waals surface area contributed by atoms with Crippen molar-refractivity contribution in [1.29, 1.82) is 0 Å². The molecule has 5 nitrogen and oxygen atoms in total. The fourth-order valence-corrected chi connectivity index (χ4v) is 0.934. The van der Waals surface area contributed by atoms with Gasteiger partial charge in [0, 0.05) is 11.6 Å².